The molecule has 10 nitrogen and oxygen atoms in total. The highest BCUT2D eigenvalue weighted by atomic mass is 19.1. The molecule has 0 atom stereocenters. The SMILES string of the molecule is COc1ccc(C(=O)Nc2nn(CCOC=O)c3nc(-c4cnn5ccccc45)c(F)cc23)cc1. The number of nitrogens with one attached hydrogen (secondary N) is 1. The second kappa shape index (κ2) is 9.21. The van der Waals surface area contributed by atoms with Crippen LogP contribution in [0.15, 0.2) is 60.9 Å². The van der Waals surface area contributed by atoms with E-state index >= 15 is 4.39 Å². The van der Waals surface area contributed by atoms with Crippen molar-refractivity contribution >= 4 is 34.7 Å². The molecular weight excluding hydrogens is 455 g/mol. The molecule has 0 spiro atoms. The number of hydrogen-bond acceptors (Lipinski definition) is 7. The average molecular weight is 474 g/mol. The first kappa shape index (κ1) is 22.0. The molecule has 5 aromatic rings. The fourth-order valence-corrected chi connectivity index (χ4v) is 3.74. The van der Waals surface area contributed by atoms with Gasteiger partial charge in [-0.2, -0.15) is 10.2 Å². The summed E-state index contributed by atoms with van der Waals surface area (Å²) in [6.45, 7) is 0.507. The van der Waals surface area contributed by atoms with Crippen LogP contribution in [0.5, 0.6) is 5.75 Å². The number of aromatic nitrogens is 5. The van der Waals surface area contributed by atoms with Crippen molar-refractivity contribution in [1.29, 1.82) is 0 Å². The predicted octanol–water partition coefficient (Wildman–Crippen LogP) is 3.32. The molecule has 0 saturated carbocycles. The minimum absolute atomic E-state index is 0.0251. The number of pyridine rings is 2. The summed E-state index contributed by atoms with van der Waals surface area (Å²) in [7, 11) is 1.53. The minimum Gasteiger partial charge on any atom is -0.497 e. The van der Waals surface area contributed by atoms with E-state index in [1.54, 1.807) is 35.0 Å². The Morgan fingerprint density at radius 3 is 2.80 bits per heavy atom. The van der Waals surface area contributed by atoms with E-state index in [-0.39, 0.29) is 24.7 Å². The molecule has 1 amide bonds. The lowest BCUT2D eigenvalue weighted by Crippen LogP contribution is -2.13. The smallest absolute Gasteiger partial charge is 0.293 e. The molecule has 35 heavy (non-hydrogen) atoms. The Balaban J connectivity index is 1.57. The maximum atomic E-state index is 15.3. The third-order valence-corrected chi connectivity index (χ3v) is 5.43. The van der Waals surface area contributed by atoms with E-state index in [0.29, 0.717) is 39.9 Å². The molecule has 0 fully saturated rings. The second-order valence-corrected chi connectivity index (χ2v) is 7.50. The van der Waals surface area contributed by atoms with E-state index in [1.807, 2.05) is 18.2 Å². The maximum absolute atomic E-state index is 15.3. The Hall–Kier alpha value is -4.80. The lowest BCUT2D eigenvalue weighted by atomic mass is 10.1. The van der Waals surface area contributed by atoms with Gasteiger partial charge in [0.15, 0.2) is 17.3 Å². The fraction of sp³-hybridized carbons (Fsp3) is 0.125. The normalized spacial score (nSPS) is 11.0. The lowest BCUT2D eigenvalue weighted by Gasteiger charge is -2.05. The molecule has 4 heterocycles. The van der Waals surface area contributed by atoms with Crippen molar-refractivity contribution < 1.29 is 23.5 Å². The fourth-order valence-electron chi connectivity index (χ4n) is 3.74. The van der Waals surface area contributed by atoms with Gasteiger partial charge in [-0.05, 0) is 42.5 Å². The monoisotopic (exact) mass is 474 g/mol. The average Bonchev–Trinajstić information content (AvgIpc) is 3.45. The van der Waals surface area contributed by atoms with Crippen LogP contribution in [0.1, 0.15) is 10.4 Å². The molecule has 0 aliphatic rings. The van der Waals surface area contributed by atoms with Gasteiger partial charge < -0.3 is 14.8 Å². The number of methoxy groups -OCH3 is 1. The largest absolute Gasteiger partial charge is 0.497 e. The molecule has 1 aromatic carbocycles. The summed E-state index contributed by atoms with van der Waals surface area (Å²) in [4.78, 5) is 27.9. The maximum Gasteiger partial charge on any atom is 0.293 e. The Morgan fingerprint density at radius 1 is 1.20 bits per heavy atom. The molecule has 11 heteroatoms. The molecule has 0 bridgehead atoms. The van der Waals surface area contributed by atoms with Crippen molar-refractivity contribution in [3.8, 4) is 17.0 Å². The van der Waals surface area contributed by atoms with Gasteiger partial charge in [-0.25, -0.2) is 18.6 Å². The van der Waals surface area contributed by atoms with E-state index < -0.39 is 11.7 Å². The zero-order valence-electron chi connectivity index (χ0n) is 18.5. The number of ether oxygens (including phenoxy) is 2. The standard InChI is InChI=1S/C24H19FN6O4/c1-34-16-7-5-15(6-8-16)24(33)28-22-17-12-19(25)21(18-13-26-30-9-3-2-4-20(18)30)27-23(17)31(29-22)10-11-35-14-32/h2-9,12-14H,10-11H2,1H3,(H,28,29,33). The Labute approximate surface area is 197 Å². The van der Waals surface area contributed by atoms with Gasteiger partial charge in [0.2, 0.25) is 0 Å². The lowest BCUT2D eigenvalue weighted by molar-refractivity contribution is -0.128. The number of halogens is 1. The van der Waals surface area contributed by atoms with Crippen LogP contribution in [0.3, 0.4) is 0 Å². The zero-order chi connectivity index (χ0) is 24.4. The summed E-state index contributed by atoms with van der Waals surface area (Å²) < 4.78 is 28.3. The molecule has 5 rings (SSSR count). The molecule has 0 saturated heterocycles. The molecule has 1 N–H and O–H groups in total. The number of hydrogen-bond donors (Lipinski definition) is 1. The van der Waals surface area contributed by atoms with Gasteiger partial charge in [-0.3, -0.25) is 9.59 Å². The van der Waals surface area contributed by atoms with Crippen molar-refractivity contribution in [3.05, 3.63) is 72.3 Å². The molecule has 4 aromatic heterocycles. The van der Waals surface area contributed by atoms with Crippen LogP contribution in [0.25, 0.3) is 27.8 Å². The molecule has 0 aliphatic carbocycles. The topological polar surface area (TPSA) is 113 Å². The van der Waals surface area contributed by atoms with Crippen LogP contribution in [0, 0.1) is 5.82 Å². The van der Waals surface area contributed by atoms with Crippen LogP contribution in [0.4, 0.5) is 10.2 Å². The third kappa shape index (κ3) is 4.14. The van der Waals surface area contributed by atoms with Gasteiger partial charge in [-0.15, -0.1) is 0 Å². The number of rotatable bonds is 8. The van der Waals surface area contributed by atoms with E-state index in [0.717, 1.165) is 0 Å². The highest BCUT2D eigenvalue weighted by molar-refractivity contribution is 6.07. The number of fused-ring (bicyclic) bond motifs is 2. The summed E-state index contributed by atoms with van der Waals surface area (Å²) >= 11 is 0. The van der Waals surface area contributed by atoms with Crippen LogP contribution < -0.4 is 10.1 Å². The minimum atomic E-state index is -0.597. The summed E-state index contributed by atoms with van der Waals surface area (Å²) in [6.07, 6.45) is 3.29. The first-order valence-electron chi connectivity index (χ1n) is 10.6. The Morgan fingerprint density at radius 2 is 2.03 bits per heavy atom. The zero-order valence-corrected chi connectivity index (χ0v) is 18.5. The van der Waals surface area contributed by atoms with Crippen LogP contribution in [-0.2, 0) is 16.1 Å². The van der Waals surface area contributed by atoms with Gasteiger partial charge in [0.25, 0.3) is 12.4 Å². The van der Waals surface area contributed by atoms with Gasteiger partial charge in [0.05, 0.1) is 30.8 Å². The molecule has 0 unspecified atom stereocenters. The van der Waals surface area contributed by atoms with Crippen molar-refractivity contribution in [2.24, 2.45) is 0 Å². The third-order valence-electron chi connectivity index (χ3n) is 5.43. The quantitative estimate of drug-likeness (QED) is 0.271. The summed E-state index contributed by atoms with van der Waals surface area (Å²) in [5.74, 6) is -0.293. The first-order chi connectivity index (χ1) is 17.1. The highest BCUT2D eigenvalue weighted by Crippen LogP contribution is 2.31. The summed E-state index contributed by atoms with van der Waals surface area (Å²) in [6, 6.07) is 13.3. The van der Waals surface area contributed by atoms with Crippen molar-refractivity contribution in [2.45, 2.75) is 6.54 Å². The number of nitrogens with zero attached hydrogens (tertiary/aromatic N) is 5. The predicted molar refractivity (Wildman–Crippen MR) is 125 cm³/mol. The number of carbonyl (C=O) groups is 2. The van der Waals surface area contributed by atoms with Crippen molar-refractivity contribution in [2.75, 3.05) is 19.0 Å². The van der Waals surface area contributed by atoms with Gasteiger partial charge in [0, 0.05) is 17.3 Å². The van der Waals surface area contributed by atoms with Crippen molar-refractivity contribution in [1.82, 2.24) is 24.4 Å². The van der Waals surface area contributed by atoms with E-state index in [9.17, 15) is 9.59 Å². The summed E-state index contributed by atoms with van der Waals surface area (Å²) in [5, 5.41) is 11.7. The number of carbonyl (C=O) groups excluding carboxylic acids is 2. The number of amides is 1. The first-order valence-corrected chi connectivity index (χ1v) is 10.6. The molecule has 0 radical (unpaired) electrons. The van der Waals surface area contributed by atoms with Gasteiger partial charge in [0.1, 0.15) is 18.1 Å². The van der Waals surface area contributed by atoms with Crippen LogP contribution in [-0.4, -0.2) is 50.5 Å². The summed E-state index contributed by atoms with van der Waals surface area (Å²) in [5.41, 5.74) is 1.96. The Bertz CT molecular complexity index is 1540. The number of anilines is 1. The second-order valence-electron chi connectivity index (χ2n) is 7.50. The van der Waals surface area contributed by atoms with E-state index in [1.165, 1.54) is 24.1 Å². The van der Waals surface area contributed by atoms with E-state index in [2.05, 4.69) is 20.5 Å². The molecule has 176 valence electrons. The van der Waals surface area contributed by atoms with Crippen LogP contribution in [0.2, 0.25) is 0 Å². The van der Waals surface area contributed by atoms with Gasteiger partial charge in [-0.1, -0.05) is 6.07 Å². The molecular formula is C24H19FN6O4. The molecule has 0 aliphatic heterocycles. The Kier molecular flexibility index (Phi) is 5.80. The van der Waals surface area contributed by atoms with E-state index in [4.69, 9.17) is 9.47 Å². The number of benzene rings is 1. The highest BCUT2D eigenvalue weighted by Gasteiger charge is 2.21. The van der Waals surface area contributed by atoms with Crippen molar-refractivity contribution in [3.63, 3.8) is 0 Å². The van der Waals surface area contributed by atoms with Gasteiger partial charge >= 0.3 is 0 Å². The van der Waals surface area contributed by atoms with Crippen LogP contribution >= 0.6 is 0 Å².